The molecule has 5 nitrogen and oxygen atoms in total. The number of piperidine rings is 1. The van der Waals surface area contributed by atoms with Gasteiger partial charge in [-0.15, -0.1) is 0 Å². The quantitative estimate of drug-likeness (QED) is 0.812. The number of carbonyl (C=O) groups is 1. The van der Waals surface area contributed by atoms with Crippen molar-refractivity contribution in [1.29, 1.82) is 0 Å². The van der Waals surface area contributed by atoms with Crippen LogP contribution in [0.5, 0.6) is 0 Å². The zero-order chi connectivity index (χ0) is 13.1. The Morgan fingerprint density at radius 1 is 1.50 bits per heavy atom. The van der Waals surface area contributed by atoms with Crippen LogP contribution < -0.4 is 0 Å². The first-order valence-corrected chi connectivity index (χ1v) is 6.42. The fourth-order valence-corrected chi connectivity index (χ4v) is 2.42. The number of aryl methyl sites for hydroxylation is 1. The molecule has 0 atom stereocenters. The first-order chi connectivity index (χ1) is 8.56. The average molecular weight is 251 g/mol. The molecule has 1 aromatic rings. The van der Waals surface area contributed by atoms with E-state index in [0.717, 1.165) is 43.9 Å². The zero-order valence-corrected chi connectivity index (χ0v) is 11.3. The average Bonchev–Trinajstić information content (AvgIpc) is 2.75. The Bertz CT molecular complexity index is 406. The third kappa shape index (κ3) is 3.10. The van der Waals surface area contributed by atoms with Gasteiger partial charge in [-0.3, -0.25) is 9.69 Å². The van der Waals surface area contributed by atoms with Crippen molar-refractivity contribution in [2.75, 3.05) is 27.2 Å². The zero-order valence-electron chi connectivity index (χ0n) is 11.3. The summed E-state index contributed by atoms with van der Waals surface area (Å²) in [5.74, 6) is 1.30. The van der Waals surface area contributed by atoms with Gasteiger partial charge in [-0.2, -0.15) is 0 Å². The molecule has 0 spiro atoms. The van der Waals surface area contributed by atoms with E-state index in [4.69, 9.17) is 4.52 Å². The maximum absolute atomic E-state index is 11.8. The highest BCUT2D eigenvalue weighted by atomic mass is 16.5. The lowest BCUT2D eigenvalue weighted by molar-refractivity contribution is -0.134. The first kappa shape index (κ1) is 13.1. The molecule has 1 amide bonds. The minimum atomic E-state index is 0.190. The van der Waals surface area contributed by atoms with Gasteiger partial charge < -0.3 is 9.42 Å². The van der Waals surface area contributed by atoms with E-state index in [9.17, 15) is 4.79 Å². The fourth-order valence-electron chi connectivity index (χ4n) is 2.42. The monoisotopic (exact) mass is 251 g/mol. The third-order valence-corrected chi connectivity index (χ3v) is 3.44. The van der Waals surface area contributed by atoms with Crippen molar-refractivity contribution in [2.24, 2.45) is 5.92 Å². The summed E-state index contributed by atoms with van der Waals surface area (Å²) in [5.41, 5.74) is 0.977. The highest BCUT2D eigenvalue weighted by molar-refractivity contribution is 5.78. The van der Waals surface area contributed by atoms with Crippen LogP contribution in [-0.4, -0.2) is 48.0 Å². The van der Waals surface area contributed by atoms with Crippen molar-refractivity contribution in [3.8, 4) is 0 Å². The van der Waals surface area contributed by atoms with Crippen LogP contribution in [-0.2, 0) is 11.3 Å². The largest absolute Gasteiger partial charge is 0.361 e. The molecular formula is C13H21N3O2. The van der Waals surface area contributed by atoms with Crippen LogP contribution in [0.3, 0.4) is 0 Å². The molecule has 1 fully saturated rings. The molecule has 2 rings (SSSR count). The highest BCUT2D eigenvalue weighted by Gasteiger charge is 2.26. The Hall–Kier alpha value is -1.36. The van der Waals surface area contributed by atoms with Gasteiger partial charge in [0, 0.05) is 32.6 Å². The lowest BCUT2D eigenvalue weighted by atomic mass is 9.95. The summed E-state index contributed by atoms with van der Waals surface area (Å²) in [6.07, 6.45) is 1.88. The van der Waals surface area contributed by atoms with E-state index in [0.29, 0.717) is 0 Å². The second-order valence-corrected chi connectivity index (χ2v) is 5.21. The molecule has 0 bridgehead atoms. The summed E-state index contributed by atoms with van der Waals surface area (Å²) in [4.78, 5) is 15.9. The second kappa shape index (κ2) is 5.52. The van der Waals surface area contributed by atoms with Gasteiger partial charge in [-0.05, 0) is 32.9 Å². The molecule has 1 aliphatic heterocycles. The standard InChI is InChI=1S/C13H21N3O2/c1-10-8-12(14-18-10)9-16-6-4-11(5-7-16)13(17)15(2)3/h8,11H,4-7,9H2,1-3H3. The molecule has 1 aromatic heterocycles. The number of aromatic nitrogens is 1. The maximum Gasteiger partial charge on any atom is 0.225 e. The minimum absolute atomic E-state index is 0.190. The number of nitrogens with zero attached hydrogens (tertiary/aromatic N) is 3. The van der Waals surface area contributed by atoms with Crippen molar-refractivity contribution < 1.29 is 9.32 Å². The van der Waals surface area contributed by atoms with Gasteiger partial charge in [0.05, 0.1) is 5.69 Å². The van der Waals surface area contributed by atoms with E-state index in [2.05, 4.69) is 10.1 Å². The van der Waals surface area contributed by atoms with Crippen molar-refractivity contribution in [1.82, 2.24) is 15.0 Å². The number of hydrogen-bond donors (Lipinski definition) is 0. The molecule has 0 aliphatic carbocycles. The van der Waals surface area contributed by atoms with Gasteiger partial charge in [0.1, 0.15) is 5.76 Å². The molecule has 18 heavy (non-hydrogen) atoms. The summed E-state index contributed by atoms with van der Waals surface area (Å²) >= 11 is 0. The van der Waals surface area contributed by atoms with E-state index >= 15 is 0 Å². The molecule has 0 N–H and O–H groups in total. The fraction of sp³-hybridized carbons (Fsp3) is 0.692. The molecule has 0 aromatic carbocycles. The highest BCUT2D eigenvalue weighted by Crippen LogP contribution is 2.20. The molecule has 0 radical (unpaired) electrons. The Morgan fingerprint density at radius 3 is 2.67 bits per heavy atom. The number of rotatable bonds is 3. The molecule has 1 saturated heterocycles. The van der Waals surface area contributed by atoms with E-state index in [1.54, 1.807) is 4.90 Å². The Kier molecular flexibility index (Phi) is 4.01. The van der Waals surface area contributed by atoms with Crippen LogP contribution >= 0.6 is 0 Å². The van der Waals surface area contributed by atoms with Crippen molar-refractivity contribution >= 4 is 5.91 Å². The summed E-state index contributed by atoms with van der Waals surface area (Å²) in [7, 11) is 3.65. The van der Waals surface area contributed by atoms with Gasteiger partial charge in [0.15, 0.2) is 0 Å². The maximum atomic E-state index is 11.8. The van der Waals surface area contributed by atoms with Crippen LogP contribution in [0.4, 0.5) is 0 Å². The third-order valence-electron chi connectivity index (χ3n) is 3.44. The lowest BCUT2D eigenvalue weighted by Crippen LogP contribution is -2.39. The molecular weight excluding hydrogens is 230 g/mol. The van der Waals surface area contributed by atoms with Gasteiger partial charge >= 0.3 is 0 Å². The molecule has 5 heteroatoms. The van der Waals surface area contributed by atoms with E-state index in [-0.39, 0.29) is 11.8 Å². The SMILES string of the molecule is Cc1cc(CN2CCC(C(=O)N(C)C)CC2)no1. The first-order valence-electron chi connectivity index (χ1n) is 6.42. The van der Waals surface area contributed by atoms with Gasteiger partial charge in [0.2, 0.25) is 5.91 Å². The molecule has 100 valence electrons. The van der Waals surface area contributed by atoms with Gasteiger partial charge in [0.25, 0.3) is 0 Å². The minimum Gasteiger partial charge on any atom is -0.361 e. The van der Waals surface area contributed by atoms with Crippen LogP contribution in [0.25, 0.3) is 0 Å². The van der Waals surface area contributed by atoms with Crippen LogP contribution in [0.2, 0.25) is 0 Å². The van der Waals surface area contributed by atoms with Gasteiger partial charge in [-0.25, -0.2) is 0 Å². The number of likely N-dealkylation sites (tertiary alicyclic amines) is 1. The second-order valence-electron chi connectivity index (χ2n) is 5.21. The number of amides is 1. The molecule has 1 aliphatic rings. The lowest BCUT2D eigenvalue weighted by Gasteiger charge is -2.31. The predicted octanol–water partition coefficient (Wildman–Crippen LogP) is 1.28. The molecule has 0 unspecified atom stereocenters. The van der Waals surface area contributed by atoms with Crippen LogP contribution in [0.1, 0.15) is 24.3 Å². The number of hydrogen-bond acceptors (Lipinski definition) is 4. The van der Waals surface area contributed by atoms with Crippen molar-refractivity contribution in [3.63, 3.8) is 0 Å². The van der Waals surface area contributed by atoms with Crippen LogP contribution in [0, 0.1) is 12.8 Å². The number of carbonyl (C=O) groups excluding carboxylic acids is 1. The predicted molar refractivity (Wildman–Crippen MR) is 67.9 cm³/mol. The van der Waals surface area contributed by atoms with E-state index in [1.807, 2.05) is 27.1 Å². The summed E-state index contributed by atoms with van der Waals surface area (Å²) in [6, 6.07) is 1.97. The van der Waals surface area contributed by atoms with E-state index < -0.39 is 0 Å². The Morgan fingerprint density at radius 2 is 2.17 bits per heavy atom. The van der Waals surface area contributed by atoms with Crippen LogP contribution in [0.15, 0.2) is 10.6 Å². The van der Waals surface area contributed by atoms with Gasteiger partial charge in [-0.1, -0.05) is 5.16 Å². The Labute approximate surface area is 108 Å². The summed E-state index contributed by atoms with van der Waals surface area (Å²) in [5, 5.41) is 4.00. The smallest absolute Gasteiger partial charge is 0.225 e. The summed E-state index contributed by atoms with van der Waals surface area (Å²) < 4.78 is 5.06. The topological polar surface area (TPSA) is 49.6 Å². The Balaban J connectivity index is 1.82. The molecule has 2 heterocycles. The normalized spacial score (nSPS) is 17.9. The molecule has 0 saturated carbocycles. The van der Waals surface area contributed by atoms with Crippen molar-refractivity contribution in [3.05, 3.63) is 17.5 Å². The van der Waals surface area contributed by atoms with Crippen molar-refractivity contribution in [2.45, 2.75) is 26.3 Å². The summed E-state index contributed by atoms with van der Waals surface area (Å²) in [6.45, 7) is 4.63. The van der Waals surface area contributed by atoms with E-state index in [1.165, 1.54) is 0 Å².